The molecule has 0 spiro atoms. The first kappa shape index (κ1) is 16.0. The van der Waals surface area contributed by atoms with Crippen LogP contribution in [0.25, 0.3) is 0 Å². The maximum Gasteiger partial charge on any atom is 0.221 e. The van der Waals surface area contributed by atoms with Gasteiger partial charge < -0.3 is 10.6 Å². The monoisotopic (exact) mass is 288 g/mol. The van der Waals surface area contributed by atoms with Crippen LogP contribution in [0.3, 0.4) is 0 Å². The SMILES string of the molecule is O=C(CCNCCc1ccccc1)NC1CCCCCC1. The van der Waals surface area contributed by atoms with Crippen molar-refractivity contribution in [2.75, 3.05) is 13.1 Å². The minimum Gasteiger partial charge on any atom is -0.353 e. The number of carbonyl (C=O) groups excluding carboxylic acids is 1. The third-order valence-electron chi connectivity index (χ3n) is 4.18. The summed E-state index contributed by atoms with van der Waals surface area (Å²) >= 11 is 0. The van der Waals surface area contributed by atoms with E-state index >= 15 is 0 Å². The molecule has 1 fully saturated rings. The molecule has 0 radical (unpaired) electrons. The van der Waals surface area contributed by atoms with Crippen LogP contribution in [0, 0.1) is 0 Å². The standard InChI is InChI=1S/C18H28N2O/c21-18(20-17-10-6-1-2-7-11-17)13-15-19-14-12-16-8-4-3-5-9-16/h3-5,8-9,17,19H,1-2,6-7,10-15H2,(H,20,21). The molecule has 3 nitrogen and oxygen atoms in total. The van der Waals surface area contributed by atoms with Crippen LogP contribution in [0.2, 0.25) is 0 Å². The highest BCUT2D eigenvalue weighted by molar-refractivity contribution is 5.76. The van der Waals surface area contributed by atoms with Gasteiger partial charge >= 0.3 is 0 Å². The number of benzene rings is 1. The Morgan fingerprint density at radius 3 is 2.43 bits per heavy atom. The maximum atomic E-state index is 11.9. The van der Waals surface area contributed by atoms with Gasteiger partial charge in [0.1, 0.15) is 0 Å². The van der Waals surface area contributed by atoms with Gasteiger partial charge in [0.05, 0.1) is 0 Å². The lowest BCUT2D eigenvalue weighted by Gasteiger charge is -2.16. The van der Waals surface area contributed by atoms with Gasteiger partial charge in [0.2, 0.25) is 5.91 Å². The molecule has 1 aromatic carbocycles. The lowest BCUT2D eigenvalue weighted by molar-refractivity contribution is -0.121. The highest BCUT2D eigenvalue weighted by Gasteiger charge is 2.14. The van der Waals surface area contributed by atoms with Crippen molar-refractivity contribution in [3.05, 3.63) is 35.9 Å². The van der Waals surface area contributed by atoms with Crippen LogP contribution in [-0.4, -0.2) is 25.0 Å². The molecule has 1 aromatic rings. The van der Waals surface area contributed by atoms with Crippen LogP contribution in [0.1, 0.15) is 50.5 Å². The number of carbonyl (C=O) groups is 1. The fourth-order valence-corrected chi connectivity index (χ4v) is 2.93. The predicted octanol–water partition coefficient (Wildman–Crippen LogP) is 3.05. The van der Waals surface area contributed by atoms with Crippen molar-refractivity contribution in [1.82, 2.24) is 10.6 Å². The molecule has 1 aliphatic rings. The quantitative estimate of drug-likeness (QED) is 0.598. The summed E-state index contributed by atoms with van der Waals surface area (Å²) in [4.78, 5) is 11.9. The first-order valence-electron chi connectivity index (χ1n) is 8.38. The molecule has 1 amide bonds. The number of nitrogens with one attached hydrogen (secondary N) is 2. The molecule has 0 unspecified atom stereocenters. The van der Waals surface area contributed by atoms with Crippen molar-refractivity contribution in [1.29, 1.82) is 0 Å². The minimum absolute atomic E-state index is 0.203. The van der Waals surface area contributed by atoms with Gasteiger partial charge in [-0.2, -0.15) is 0 Å². The molecule has 0 aromatic heterocycles. The van der Waals surface area contributed by atoms with E-state index in [1.165, 1.54) is 31.2 Å². The van der Waals surface area contributed by atoms with Gasteiger partial charge in [0.15, 0.2) is 0 Å². The average Bonchev–Trinajstić information content (AvgIpc) is 2.76. The Morgan fingerprint density at radius 1 is 1.00 bits per heavy atom. The number of rotatable bonds is 7. The fraction of sp³-hybridized carbons (Fsp3) is 0.611. The fourth-order valence-electron chi connectivity index (χ4n) is 2.93. The average molecular weight is 288 g/mol. The zero-order valence-electron chi connectivity index (χ0n) is 12.9. The highest BCUT2D eigenvalue weighted by Crippen LogP contribution is 2.17. The zero-order chi connectivity index (χ0) is 14.8. The first-order valence-corrected chi connectivity index (χ1v) is 8.38. The summed E-state index contributed by atoms with van der Waals surface area (Å²) in [5, 5.41) is 6.54. The van der Waals surface area contributed by atoms with Gasteiger partial charge in [-0.15, -0.1) is 0 Å². The van der Waals surface area contributed by atoms with E-state index in [1.807, 2.05) is 6.07 Å². The lowest BCUT2D eigenvalue weighted by atomic mass is 10.1. The summed E-state index contributed by atoms with van der Waals surface area (Å²) in [7, 11) is 0. The van der Waals surface area contributed by atoms with E-state index in [0.29, 0.717) is 12.5 Å². The van der Waals surface area contributed by atoms with Crippen LogP contribution in [0.15, 0.2) is 30.3 Å². The second-order valence-electron chi connectivity index (χ2n) is 5.99. The Morgan fingerprint density at radius 2 is 1.71 bits per heavy atom. The Bertz CT molecular complexity index is 397. The molecule has 0 saturated heterocycles. The van der Waals surface area contributed by atoms with Gasteiger partial charge in [-0.05, 0) is 31.4 Å². The molecule has 1 aliphatic carbocycles. The van der Waals surface area contributed by atoms with Gasteiger partial charge in [-0.1, -0.05) is 56.0 Å². The van der Waals surface area contributed by atoms with Crippen molar-refractivity contribution in [3.8, 4) is 0 Å². The number of hydrogen-bond acceptors (Lipinski definition) is 2. The molecular weight excluding hydrogens is 260 g/mol. The van der Waals surface area contributed by atoms with Crippen LogP contribution >= 0.6 is 0 Å². The molecule has 0 heterocycles. The summed E-state index contributed by atoms with van der Waals surface area (Å²) in [6, 6.07) is 10.9. The van der Waals surface area contributed by atoms with E-state index in [9.17, 15) is 4.79 Å². The van der Waals surface area contributed by atoms with Gasteiger partial charge in [-0.25, -0.2) is 0 Å². The summed E-state index contributed by atoms with van der Waals surface area (Å²) in [6.07, 6.45) is 9.11. The van der Waals surface area contributed by atoms with E-state index in [4.69, 9.17) is 0 Å². The normalized spacial score (nSPS) is 16.4. The molecule has 21 heavy (non-hydrogen) atoms. The van der Waals surface area contributed by atoms with Crippen LogP contribution in [0.5, 0.6) is 0 Å². The summed E-state index contributed by atoms with van der Waals surface area (Å²) in [5.74, 6) is 0.203. The van der Waals surface area contributed by atoms with E-state index in [2.05, 4.69) is 34.9 Å². The van der Waals surface area contributed by atoms with Gasteiger partial charge in [-0.3, -0.25) is 4.79 Å². The highest BCUT2D eigenvalue weighted by atomic mass is 16.1. The van der Waals surface area contributed by atoms with Crippen LogP contribution in [-0.2, 0) is 11.2 Å². The van der Waals surface area contributed by atoms with E-state index < -0.39 is 0 Å². The Labute approximate surface area is 128 Å². The van der Waals surface area contributed by atoms with Crippen molar-refractivity contribution < 1.29 is 4.79 Å². The molecular formula is C18H28N2O. The van der Waals surface area contributed by atoms with Gasteiger partial charge in [0.25, 0.3) is 0 Å². The second-order valence-corrected chi connectivity index (χ2v) is 5.99. The van der Waals surface area contributed by atoms with E-state index in [1.54, 1.807) is 0 Å². The van der Waals surface area contributed by atoms with Crippen molar-refractivity contribution >= 4 is 5.91 Å². The molecule has 2 rings (SSSR count). The lowest BCUT2D eigenvalue weighted by Crippen LogP contribution is -2.36. The van der Waals surface area contributed by atoms with Crippen molar-refractivity contribution in [2.24, 2.45) is 0 Å². The zero-order valence-corrected chi connectivity index (χ0v) is 12.9. The molecule has 0 atom stereocenters. The van der Waals surface area contributed by atoms with Crippen molar-refractivity contribution in [2.45, 2.75) is 57.4 Å². The van der Waals surface area contributed by atoms with Gasteiger partial charge in [0, 0.05) is 19.0 Å². The maximum absolute atomic E-state index is 11.9. The van der Waals surface area contributed by atoms with Crippen LogP contribution < -0.4 is 10.6 Å². The minimum atomic E-state index is 0.203. The van der Waals surface area contributed by atoms with E-state index in [0.717, 1.165) is 32.4 Å². The third-order valence-corrected chi connectivity index (χ3v) is 4.18. The summed E-state index contributed by atoms with van der Waals surface area (Å²) < 4.78 is 0. The molecule has 1 saturated carbocycles. The van der Waals surface area contributed by atoms with Crippen molar-refractivity contribution in [3.63, 3.8) is 0 Å². The molecule has 0 aliphatic heterocycles. The Kier molecular flexibility index (Phi) is 7.30. The number of hydrogen-bond donors (Lipinski definition) is 2. The predicted molar refractivity (Wildman–Crippen MR) is 87.3 cm³/mol. The Balaban J connectivity index is 1.52. The third kappa shape index (κ3) is 6.76. The molecule has 116 valence electrons. The first-order chi connectivity index (χ1) is 10.3. The largest absolute Gasteiger partial charge is 0.353 e. The van der Waals surface area contributed by atoms with E-state index in [-0.39, 0.29) is 5.91 Å². The smallest absolute Gasteiger partial charge is 0.221 e. The molecule has 0 bridgehead atoms. The second kappa shape index (κ2) is 9.56. The summed E-state index contributed by atoms with van der Waals surface area (Å²) in [5.41, 5.74) is 1.34. The Hall–Kier alpha value is -1.35. The molecule has 3 heteroatoms. The topological polar surface area (TPSA) is 41.1 Å². The molecule has 2 N–H and O–H groups in total. The summed E-state index contributed by atoms with van der Waals surface area (Å²) in [6.45, 7) is 1.70. The van der Waals surface area contributed by atoms with Crippen LogP contribution in [0.4, 0.5) is 0 Å². The number of amides is 1.